The van der Waals surface area contributed by atoms with Gasteiger partial charge in [-0.25, -0.2) is 4.57 Å². The van der Waals surface area contributed by atoms with Gasteiger partial charge in [0, 0.05) is 22.8 Å². The standard InChI is InChI=1S/C28H27BN3/c1-19-10-7-11-20(2)26(19)29-31(27-21(3)12-8-13-22(27)4)24-15-9-14-23-18-30-17-6-5-16-25(30)32(29)28(23)24/h5-17H,18H2,1-4H3/q+1. The highest BCUT2D eigenvalue weighted by Gasteiger charge is 2.55. The largest absolute Gasteiger partial charge is 0.543 e. The number of pyridine rings is 1. The molecule has 2 aliphatic heterocycles. The van der Waals surface area contributed by atoms with Crippen molar-refractivity contribution in [3.63, 3.8) is 0 Å². The van der Waals surface area contributed by atoms with Crippen LogP contribution in [0.4, 0.5) is 22.9 Å². The molecule has 3 aromatic carbocycles. The molecule has 3 nitrogen and oxygen atoms in total. The van der Waals surface area contributed by atoms with Crippen molar-refractivity contribution in [2.45, 2.75) is 34.2 Å². The van der Waals surface area contributed by atoms with Crippen LogP contribution in [0, 0.1) is 27.7 Å². The van der Waals surface area contributed by atoms with Crippen LogP contribution >= 0.6 is 0 Å². The molecule has 6 rings (SSSR count). The molecule has 0 aliphatic carbocycles. The van der Waals surface area contributed by atoms with E-state index < -0.39 is 0 Å². The molecule has 0 radical (unpaired) electrons. The van der Waals surface area contributed by atoms with Gasteiger partial charge < -0.3 is 4.81 Å². The number of aryl methyl sites for hydroxylation is 4. The van der Waals surface area contributed by atoms with E-state index in [1.54, 1.807) is 0 Å². The predicted molar refractivity (Wildman–Crippen MR) is 134 cm³/mol. The molecule has 3 heterocycles. The van der Waals surface area contributed by atoms with Gasteiger partial charge in [0.05, 0.1) is 11.9 Å². The van der Waals surface area contributed by atoms with Gasteiger partial charge in [-0.05, 0) is 62.1 Å². The van der Waals surface area contributed by atoms with Crippen LogP contribution < -0.4 is 19.7 Å². The van der Waals surface area contributed by atoms with Gasteiger partial charge in [0.15, 0.2) is 0 Å². The second-order valence-electron chi connectivity index (χ2n) is 9.13. The highest BCUT2D eigenvalue weighted by Crippen LogP contribution is 2.50. The Balaban J connectivity index is 1.73. The number of rotatable bonds is 2. The van der Waals surface area contributed by atoms with E-state index in [0.29, 0.717) is 0 Å². The summed E-state index contributed by atoms with van der Waals surface area (Å²) in [4.78, 5) is 5.15. The van der Waals surface area contributed by atoms with E-state index in [4.69, 9.17) is 0 Å². The first-order valence-electron chi connectivity index (χ1n) is 11.4. The van der Waals surface area contributed by atoms with Crippen molar-refractivity contribution < 1.29 is 4.57 Å². The lowest BCUT2D eigenvalue weighted by Crippen LogP contribution is -2.59. The number of anilines is 4. The summed E-state index contributed by atoms with van der Waals surface area (Å²) in [5, 5.41) is 0. The molecule has 0 spiro atoms. The smallest absolute Gasteiger partial charge is 0.336 e. The first kappa shape index (κ1) is 19.2. The summed E-state index contributed by atoms with van der Waals surface area (Å²) in [6.07, 6.45) is 2.20. The lowest BCUT2D eigenvalue weighted by Gasteiger charge is -2.30. The van der Waals surface area contributed by atoms with E-state index in [1.807, 2.05) is 0 Å². The van der Waals surface area contributed by atoms with Crippen molar-refractivity contribution in [1.82, 2.24) is 0 Å². The van der Waals surface area contributed by atoms with Crippen LogP contribution in [0.5, 0.6) is 0 Å². The molecule has 0 unspecified atom stereocenters. The summed E-state index contributed by atoms with van der Waals surface area (Å²) >= 11 is 0. The molecule has 0 saturated carbocycles. The minimum atomic E-state index is 0.0566. The molecule has 0 saturated heterocycles. The van der Waals surface area contributed by atoms with Crippen LogP contribution in [-0.4, -0.2) is 6.98 Å². The minimum absolute atomic E-state index is 0.0566. The molecule has 2 aliphatic rings. The average molecular weight is 416 g/mol. The van der Waals surface area contributed by atoms with Crippen molar-refractivity contribution in [3.05, 3.63) is 107 Å². The molecule has 0 N–H and O–H groups in total. The summed E-state index contributed by atoms with van der Waals surface area (Å²) in [5.41, 5.74) is 12.0. The van der Waals surface area contributed by atoms with Crippen LogP contribution in [0.3, 0.4) is 0 Å². The van der Waals surface area contributed by atoms with E-state index >= 15 is 0 Å². The van der Waals surface area contributed by atoms with Gasteiger partial charge >= 0.3 is 6.98 Å². The summed E-state index contributed by atoms with van der Waals surface area (Å²) < 4.78 is 2.38. The lowest BCUT2D eigenvalue weighted by atomic mass is 9.61. The predicted octanol–water partition coefficient (Wildman–Crippen LogP) is 5.25. The molecule has 4 aromatic rings. The van der Waals surface area contributed by atoms with Crippen LogP contribution in [-0.2, 0) is 6.54 Å². The Morgan fingerprint density at radius 1 is 0.656 bits per heavy atom. The number of nitrogens with zero attached hydrogens (tertiary/aromatic N) is 3. The number of benzene rings is 3. The van der Waals surface area contributed by atoms with Crippen LogP contribution in [0.25, 0.3) is 0 Å². The molecule has 0 atom stereocenters. The normalized spacial score (nSPS) is 13.9. The zero-order valence-corrected chi connectivity index (χ0v) is 19.1. The van der Waals surface area contributed by atoms with Crippen molar-refractivity contribution in [2.75, 3.05) is 9.62 Å². The van der Waals surface area contributed by atoms with Crippen LogP contribution in [0.15, 0.2) is 79.0 Å². The number of hydrogen-bond acceptors (Lipinski definition) is 2. The average Bonchev–Trinajstić information content (AvgIpc) is 3.10. The summed E-state index contributed by atoms with van der Waals surface area (Å²) in [6, 6.07) is 26.6. The first-order chi connectivity index (χ1) is 15.6. The topological polar surface area (TPSA) is 10.4 Å². The highest BCUT2D eigenvalue weighted by molar-refractivity contribution is 6.85. The van der Waals surface area contributed by atoms with Gasteiger partial charge in [0.1, 0.15) is 12.2 Å². The molecule has 4 heteroatoms. The summed E-state index contributed by atoms with van der Waals surface area (Å²) in [5.74, 6) is 1.24. The van der Waals surface area contributed by atoms with Crippen molar-refractivity contribution in [1.29, 1.82) is 0 Å². The third-order valence-corrected chi connectivity index (χ3v) is 7.07. The minimum Gasteiger partial charge on any atom is -0.336 e. The maximum absolute atomic E-state index is 2.58. The molecule has 32 heavy (non-hydrogen) atoms. The second kappa shape index (κ2) is 6.99. The number of hydrogen-bond donors (Lipinski definition) is 0. The van der Waals surface area contributed by atoms with Crippen LogP contribution in [0.2, 0.25) is 0 Å². The molecule has 156 valence electrons. The van der Waals surface area contributed by atoms with Gasteiger partial charge in [0.2, 0.25) is 0 Å². The fraction of sp³-hybridized carbons (Fsp3) is 0.179. The third kappa shape index (κ3) is 2.59. The number of para-hydroxylation sites is 2. The fourth-order valence-corrected chi connectivity index (χ4v) is 5.71. The highest BCUT2D eigenvalue weighted by atomic mass is 15.4. The molecule has 0 fully saturated rings. The maximum atomic E-state index is 2.58. The Kier molecular flexibility index (Phi) is 4.19. The fourth-order valence-electron chi connectivity index (χ4n) is 5.71. The van der Waals surface area contributed by atoms with Crippen molar-refractivity contribution >= 4 is 35.3 Å². The maximum Gasteiger partial charge on any atom is 0.543 e. The Hall–Kier alpha value is -3.53. The van der Waals surface area contributed by atoms with Crippen molar-refractivity contribution in [2.24, 2.45) is 0 Å². The van der Waals surface area contributed by atoms with Gasteiger partial charge in [0.25, 0.3) is 5.82 Å². The second-order valence-corrected chi connectivity index (χ2v) is 9.13. The number of aromatic nitrogens is 1. The molecular weight excluding hydrogens is 389 g/mol. The Morgan fingerprint density at radius 3 is 2.03 bits per heavy atom. The lowest BCUT2D eigenvalue weighted by molar-refractivity contribution is -0.676. The van der Waals surface area contributed by atoms with Gasteiger partial charge in [-0.15, -0.1) is 0 Å². The van der Waals surface area contributed by atoms with E-state index in [2.05, 4.69) is 121 Å². The van der Waals surface area contributed by atoms with E-state index in [0.717, 1.165) is 6.54 Å². The molecular formula is C28H27BN3+. The van der Waals surface area contributed by atoms with Gasteiger partial charge in [-0.2, -0.15) is 0 Å². The van der Waals surface area contributed by atoms with Gasteiger partial charge in [-0.3, -0.25) is 4.81 Å². The first-order valence-corrected chi connectivity index (χ1v) is 11.4. The Labute approximate surface area is 190 Å². The van der Waals surface area contributed by atoms with E-state index in [9.17, 15) is 0 Å². The Bertz CT molecular complexity index is 1340. The van der Waals surface area contributed by atoms with Crippen LogP contribution in [0.1, 0.15) is 27.8 Å². The monoisotopic (exact) mass is 416 g/mol. The quantitative estimate of drug-likeness (QED) is 0.326. The van der Waals surface area contributed by atoms with Crippen molar-refractivity contribution in [3.8, 4) is 0 Å². The molecule has 0 amide bonds. The zero-order chi connectivity index (χ0) is 22.0. The number of fused-ring (bicyclic) bond motifs is 2. The summed E-state index contributed by atoms with van der Waals surface area (Å²) in [7, 11) is 0. The molecule has 1 aromatic heterocycles. The Morgan fingerprint density at radius 2 is 1.31 bits per heavy atom. The SMILES string of the molecule is Cc1cccc(C)c1B1N(c2c(C)cccc2C)c2cccc3c2N1c1cccc[n+]1C3. The van der Waals surface area contributed by atoms with Gasteiger partial charge in [-0.1, -0.05) is 54.6 Å². The third-order valence-electron chi connectivity index (χ3n) is 7.07. The van der Waals surface area contributed by atoms with E-state index in [1.165, 1.54) is 56.2 Å². The zero-order valence-electron chi connectivity index (χ0n) is 19.1. The van der Waals surface area contributed by atoms with E-state index in [-0.39, 0.29) is 6.98 Å². The summed E-state index contributed by atoms with van der Waals surface area (Å²) in [6.45, 7) is 9.92. The molecule has 0 bridgehead atoms.